The summed E-state index contributed by atoms with van der Waals surface area (Å²) in [5.41, 5.74) is 1.85. The fourth-order valence-electron chi connectivity index (χ4n) is 4.72. The SMILES string of the molecule is CCOC(=O)N1CCC2(CC1)Oc1ccc(Cl)cc1C1CC(c3ccccc3O)=NN12. The number of phenolic OH excluding ortho intramolecular Hbond substituents is 1. The number of carbonyl (C=O) groups excluding carboxylic acids is 1. The van der Waals surface area contributed by atoms with Crippen molar-refractivity contribution in [2.24, 2.45) is 5.10 Å². The summed E-state index contributed by atoms with van der Waals surface area (Å²) in [5.74, 6) is 1.00. The minimum absolute atomic E-state index is 0.0498. The molecule has 0 saturated carbocycles. The number of hydrogen-bond acceptors (Lipinski definition) is 6. The lowest BCUT2D eigenvalue weighted by Gasteiger charge is -2.51. The Kier molecular flexibility index (Phi) is 4.93. The molecule has 1 fully saturated rings. The van der Waals surface area contributed by atoms with Crippen LogP contribution in [0.15, 0.2) is 47.6 Å². The first-order chi connectivity index (χ1) is 15.0. The topological polar surface area (TPSA) is 74.6 Å². The maximum atomic E-state index is 12.2. The largest absolute Gasteiger partial charge is 0.507 e. The van der Waals surface area contributed by atoms with E-state index in [-0.39, 0.29) is 17.9 Å². The van der Waals surface area contributed by atoms with Crippen molar-refractivity contribution in [1.82, 2.24) is 9.91 Å². The molecule has 3 heterocycles. The molecule has 8 heteroatoms. The minimum Gasteiger partial charge on any atom is -0.507 e. The first-order valence-electron chi connectivity index (χ1n) is 10.6. The van der Waals surface area contributed by atoms with Gasteiger partial charge >= 0.3 is 6.09 Å². The number of amides is 1. The first-order valence-corrected chi connectivity index (χ1v) is 10.9. The van der Waals surface area contributed by atoms with Crippen LogP contribution in [0.1, 0.15) is 43.4 Å². The van der Waals surface area contributed by atoms with Gasteiger partial charge in [-0.05, 0) is 37.3 Å². The van der Waals surface area contributed by atoms with Crippen molar-refractivity contribution in [3.8, 4) is 11.5 Å². The van der Waals surface area contributed by atoms with Gasteiger partial charge in [-0.1, -0.05) is 23.7 Å². The van der Waals surface area contributed by atoms with Crippen molar-refractivity contribution in [3.05, 3.63) is 58.6 Å². The molecule has 1 unspecified atom stereocenters. The van der Waals surface area contributed by atoms with Gasteiger partial charge < -0.3 is 19.5 Å². The summed E-state index contributed by atoms with van der Waals surface area (Å²) >= 11 is 6.30. The van der Waals surface area contributed by atoms with Gasteiger partial charge in [0.15, 0.2) is 0 Å². The number of ether oxygens (including phenoxy) is 2. The molecule has 0 bridgehead atoms. The Labute approximate surface area is 185 Å². The number of likely N-dealkylation sites (tertiary alicyclic amines) is 1. The van der Waals surface area contributed by atoms with Gasteiger partial charge in [-0.25, -0.2) is 9.80 Å². The van der Waals surface area contributed by atoms with Gasteiger partial charge in [0.25, 0.3) is 0 Å². The van der Waals surface area contributed by atoms with E-state index >= 15 is 0 Å². The molecule has 5 rings (SSSR count). The van der Waals surface area contributed by atoms with Crippen LogP contribution < -0.4 is 4.74 Å². The number of benzene rings is 2. The van der Waals surface area contributed by atoms with Gasteiger partial charge in [0.2, 0.25) is 5.72 Å². The Balaban J connectivity index is 1.51. The molecular weight excluding hydrogens is 418 g/mol. The van der Waals surface area contributed by atoms with Crippen LogP contribution in [-0.2, 0) is 4.74 Å². The van der Waals surface area contributed by atoms with Crippen molar-refractivity contribution in [2.75, 3.05) is 19.7 Å². The van der Waals surface area contributed by atoms with Crippen LogP contribution in [0, 0.1) is 0 Å². The number of para-hydroxylation sites is 1. The van der Waals surface area contributed by atoms with E-state index in [1.54, 1.807) is 24.0 Å². The Morgan fingerprint density at radius 1 is 1.29 bits per heavy atom. The Hall–Kier alpha value is -2.93. The van der Waals surface area contributed by atoms with Crippen LogP contribution in [0.5, 0.6) is 11.5 Å². The van der Waals surface area contributed by atoms with Gasteiger partial charge in [-0.2, -0.15) is 5.10 Å². The number of piperidine rings is 1. The van der Waals surface area contributed by atoms with Crippen LogP contribution in [-0.4, -0.2) is 52.2 Å². The molecule has 31 heavy (non-hydrogen) atoms. The van der Waals surface area contributed by atoms with Crippen molar-refractivity contribution < 1.29 is 19.4 Å². The first kappa shape index (κ1) is 20.0. The van der Waals surface area contributed by atoms with E-state index in [2.05, 4.69) is 0 Å². The summed E-state index contributed by atoms with van der Waals surface area (Å²) in [7, 11) is 0. The highest BCUT2D eigenvalue weighted by molar-refractivity contribution is 6.30. The van der Waals surface area contributed by atoms with Crippen LogP contribution in [0.25, 0.3) is 0 Å². The quantitative estimate of drug-likeness (QED) is 0.740. The summed E-state index contributed by atoms with van der Waals surface area (Å²) in [6.45, 7) is 3.20. The third-order valence-corrected chi connectivity index (χ3v) is 6.48. The highest BCUT2D eigenvalue weighted by Gasteiger charge is 2.52. The number of hydrazone groups is 1. The van der Waals surface area contributed by atoms with Crippen molar-refractivity contribution >= 4 is 23.4 Å². The van der Waals surface area contributed by atoms with Crippen LogP contribution in [0.4, 0.5) is 4.79 Å². The molecule has 1 spiro atoms. The van der Waals surface area contributed by atoms with Gasteiger partial charge in [0.1, 0.15) is 11.5 Å². The summed E-state index contributed by atoms with van der Waals surface area (Å²) in [4.78, 5) is 13.9. The molecule has 3 aliphatic rings. The maximum absolute atomic E-state index is 12.2. The molecule has 1 atom stereocenters. The number of carbonyl (C=O) groups is 1. The molecule has 3 aliphatic heterocycles. The van der Waals surface area contributed by atoms with Crippen molar-refractivity contribution in [1.29, 1.82) is 0 Å². The smallest absolute Gasteiger partial charge is 0.409 e. The molecule has 1 amide bonds. The zero-order valence-corrected chi connectivity index (χ0v) is 18.0. The predicted molar refractivity (Wildman–Crippen MR) is 116 cm³/mol. The Bertz CT molecular complexity index is 1050. The van der Waals surface area contributed by atoms with E-state index in [9.17, 15) is 9.90 Å². The zero-order valence-electron chi connectivity index (χ0n) is 17.3. The number of phenols is 1. The van der Waals surface area contributed by atoms with Crippen LogP contribution in [0.3, 0.4) is 0 Å². The summed E-state index contributed by atoms with van der Waals surface area (Å²) < 4.78 is 11.7. The summed E-state index contributed by atoms with van der Waals surface area (Å²) in [6.07, 6.45) is 1.54. The van der Waals surface area contributed by atoms with E-state index in [0.29, 0.717) is 44.0 Å². The van der Waals surface area contributed by atoms with Gasteiger partial charge in [-0.15, -0.1) is 0 Å². The molecule has 0 radical (unpaired) electrons. The number of fused-ring (bicyclic) bond motifs is 4. The number of hydrogen-bond donors (Lipinski definition) is 1. The maximum Gasteiger partial charge on any atom is 0.409 e. The lowest BCUT2D eigenvalue weighted by atomic mass is 9.90. The summed E-state index contributed by atoms with van der Waals surface area (Å²) in [6, 6.07) is 12.9. The second kappa shape index (κ2) is 7.64. The molecule has 2 aromatic carbocycles. The second-order valence-corrected chi connectivity index (χ2v) is 8.48. The standard InChI is InChI=1S/C23H24ClN3O4/c1-2-30-22(29)26-11-9-23(10-12-26)27-19(17-13-15(24)7-8-21(17)31-23)14-18(25-27)16-5-3-4-6-20(16)28/h3-8,13,19,28H,2,9-12,14H2,1H3. The molecule has 0 aliphatic carbocycles. The molecule has 2 aromatic rings. The number of rotatable bonds is 2. The molecule has 0 aromatic heterocycles. The van der Waals surface area contributed by atoms with E-state index in [4.69, 9.17) is 26.2 Å². The Morgan fingerprint density at radius 3 is 2.81 bits per heavy atom. The van der Waals surface area contributed by atoms with E-state index in [1.807, 2.05) is 35.3 Å². The van der Waals surface area contributed by atoms with E-state index in [1.165, 1.54) is 0 Å². The van der Waals surface area contributed by atoms with Crippen molar-refractivity contribution in [3.63, 3.8) is 0 Å². The predicted octanol–water partition coefficient (Wildman–Crippen LogP) is 4.54. The zero-order chi connectivity index (χ0) is 21.6. The molecule has 7 nitrogen and oxygen atoms in total. The second-order valence-electron chi connectivity index (χ2n) is 8.04. The van der Waals surface area contributed by atoms with Crippen LogP contribution >= 0.6 is 11.6 Å². The molecule has 1 N–H and O–H groups in total. The van der Waals surface area contributed by atoms with Crippen molar-refractivity contribution in [2.45, 2.75) is 38.0 Å². The average Bonchev–Trinajstić information content (AvgIpc) is 3.22. The number of nitrogens with zero attached hydrogens (tertiary/aromatic N) is 3. The van der Waals surface area contributed by atoms with Crippen LogP contribution in [0.2, 0.25) is 5.02 Å². The van der Waals surface area contributed by atoms with E-state index in [0.717, 1.165) is 22.6 Å². The highest BCUT2D eigenvalue weighted by Crippen LogP contribution is 2.50. The monoisotopic (exact) mass is 441 g/mol. The number of aromatic hydroxyl groups is 1. The molecule has 162 valence electrons. The van der Waals surface area contributed by atoms with E-state index < -0.39 is 5.72 Å². The summed E-state index contributed by atoms with van der Waals surface area (Å²) in [5, 5.41) is 18.0. The van der Waals surface area contributed by atoms with Gasteiger partial charge in [0, 0.05) is 48.5 Å². The number of halogens is 1. The fraction of sp³-hybridized carbons (Fsp3) is 0.391. The normalized spacial score (nSPS) is 21.2. The third kappa shape index (κ3) is 3.37. The molecular formula is C23H24ClN3O4. The highest BCUT2D eigenvalue weighted by atomic mass is 35.5. The average molecular weight is 442 g/mol. The van der Waals surface area contributed by atoms with Gasteiger partial charge in [0.05, 0.1) is 18.4 Å². The molecule has 1 saturated heterocycles. The Morgan fingerprint density at radius 2 is 2.06 bits per heavy atom. The lowest BCUT2D eigenvalue weighted by molar-refractivity contribution is -0.147. The third-order valence-electron chi connectivity index (χ3n) is 6.24. The van der Waals surface area contributed by atoms with Gasteiger partial charge in [-0.3, -0.25) is 0 Å². The minimum atomic E-state index is -0.666. The fourth-order valence-corrected chi connectivity index (χ4v) is 4.90. The lowest BCUT2D eigenvalue weighted by Crippen LogP contribution is -2.59.